The van der Waals surface area contributed by atoms with Gasteiger partial charge in [-0.1, -0.05) is 0 Å². The molecule has 7 heteroatoms. The largest absolute Gasteiger partial charge is 0.365 e. The Bertz CT molecular complexity index is 545. The van der Waals surface area contributed by atoms with Crippen molar-refractivity contribution < 1.29 is 4.79 Å². The summed E-state index contributed by atoms with van der Waals surface area (Å²) in [7, 11) is 0. The Labute approximate surface area is 102 Å². The summed E-state index contributed by atoms with van der Waals surface area (Å²) in [5.74, 6) is 0.000267. The molecule has 0 spiro atoms. The van der Waals surface area contributed by atoms with E-state index in [4.69, 9.17) is 5.73 Å². The molecular weight excluding hydrogens is 238 g/mol. The van der Waals surface area contributed by atoms with E-state index in [0.717, 1.165) is 10.6 Å². The van der Waals surface area contributed by atoms with Crippen molar-refractivity contribution in [3.8, 4) is 0 Å². The van der Waals surface area contributed by atoms with Gasteiger partial charge in [-0.15, -0.1) is 0 Å². The molecule has 17 heavy (non-hydrogen) atoms. The van der Waals surface area contributed by atoms with Gasteiger partial charge in [-0.05, 0) is 31.4 Å². The van der Waals surface area contributed by atoms with Crippen LogP contribution in [0.5, 0.6) is 0 Å². The van der Waals surface area contributed by atoms with Crippen molar-refractivity contribution in [1.29, 1.82) is 0 Å². The Balaban J connectivity index is 2.11. The summed E-state index contributed by atoms with van der Waals surface area (Å²) in [5, 5.41) is 9.81. The number of H-pyrrole nitrogens is 1. The van der Waals surface area contributed by atoms with Gasteiger partial charge in [0, 0.05) is 10.6 Å². The van der Waals surface area contributed by atoms with E-state index in [0.29, 0.717) is 23.6 Å². The normalized spacial score (nSPS) is 10.5. The van der Waals surface area contributed by atoms with Gasteiger partial charge < -0.3 is 11.1 Å². The molecule has 0 aliphatic carbocycles. The number of anilines is 1. The van der Waals surface area contributed by atoms with Crippen LogP contribution in [-0.2, 0) is 6.54 Å². The SMILES string of the molecule is Cc1cc(CNc2n[nH]c(C)c2C(N)=O)sn1. The first-order valence-electron chi connectivity index (χ1n) is 5.08. The van der Waals surface area contributed by atoms with E-state index in [1.54, 1.807) is 6.92 Å². The molecule has 2 heterocycles. The summed E-state index contributed by atoms with van der Waals surface area (Å²) in [6.07, 6.45) is 0. The predicted octanol–water partition coefficient (Wildman–Crippen LogP) is 1.19. The molecule has 0 aliphatic heterocycles. The molecular formula is C10H13N5OS. The van der Waals surface area contributed by atoms with Crippen LogP contribution in [0.15, 0.2) is 6.07 Å². The number of nitrogens with two attached hydrogens (primary N) is 1. The van der Waals surface area contributed by atoms with E-state index in [2.05, 4.69) is 19.9 Å². The fourth-order valence-electron chi connectivity index (χ4n) is 1.53. The van der Waals surface area contributed by atoms with Crippen LogP contribution in [0.1, 0.15) is 26.6 Å². The number of amides is 1. The van der Waals surface area contributed by atoms with Gasteiger partial charge in [0.05, 0.1) is 12.2 Å². The molecule has 0 aromatic carbocycles. The number of carbonyl (C=O) groups is 1. The van der Waals surface area contributed by atoms with Gasteiger partial charge in [0.15, 0.2) is 5.82 Å². The fraction of sp³-hybridized carbons (Fsp3) is 0.300. The van der Waals surface area contributed by atoms with Crippen LogP contribution in [0, 0.1) is 13.8 Å². The van der Waals surface area contributed by atoms with E-state index in [9.17, 15) is 4.79 Å². The number of aromatic amines is 1. The molecule has 0 unspecified atom stereocenters. The van der Waals surface area contributed by atoms with Gasteiger partial charge in [0.1, 0.15) is 5.56 Å². The number of rotatable bonds is 4. The van der Waals surface area contributed by atoms with E-state index >= 15 is 0 Å². The molecule has 2 rings (SSSR count). The first-order valence-corrected chi connectivity index (χ1v) is 5.86. The van der Waals surface area contributed by atoms with Gasteiger partial charge >= 0.3 is 0 Å². The third kappa shape index (κ3) is 2.44. The van der Waals surface area contributed by atoms with Crippen molar-refractivity contribution >= 4 is 23.3 Å². The van der Waals surface area contributed by atoms with E-state index in [1.165, 1.54) is 11.5 Å². The lowest BCUT2D eigenvalue weighted by Gasteiger charge is -2.02. The summed E-state index contributed by atoms with van der Waals surface area (Å²) < 4.78 is 4.17. The number of nitrogens with zero attached hydrogens (tertiary/aromatic N) is 2. The Kier molecular flexibility index (Phi) is 3.10. The third-order valence-electron chi connectivity index (χ3n) is 2.30. The van der Waals surface area contributed by atoms with Crippen LogP contribution in [0.2, 0.25) is 0 Å². The standard InChI is InChI=1S/C10H13N5OS/c1-5-3-7(17-15-5)4-12-10-8(9(11)16)6(2)13-14-10/h3H,4H2,1-2H3,(H2,11,16)(H2,12,13,14). The highest BCUT2D eigenvalue weighted by Gasteiger charge is 2.15. The molecule has 0 saturated carbocycles. The molecule has 0 aliphatic rings. The molecule has 0 bridgehead atoms. The lowest BCUT2D eigenvalue weighted by Crippen LogP contribution is -2.14. The lowest BCUT2D eigenvalue weighted by atomic mass is 10.2. The first-order chi connectivity index (χ1) is 8.08. The Hall–Kier alpha value is -1.89. The molecule has 0 fully saturated rings. The number of primary amides is 1. The summed E-state index contributed by atoms with van der Waals surface area (Å²) in [6.45, 7) is 4.28. The molecule has 90 valence electrons. The van der Waals surface area contributed by atoms with E-state index < -0.39 is 5.91 Å². The second-order valence-electron chi connectivity index (χ2n) is 3.72. The summed E-state index contributed by atoms with van der Waals surface area (Å²) in [4.78, 5) is 12.3. The van der Waals surface area contributed by atoms with Gasteiger partial charge in [0.25, 0.3) is 5.91 Å². The molecule has 1 amide bonds. The van der Waals surface area contributed by atoms with Crippen LogP contribution >= 0.6 is 11.5 Å². The number of hydrogen-bond acceptors (Lipinski definition) is 5. The Morgan fingerprint density at radius 3 is 2.94 bits per heavy atom. The minimum absolute atomic E-state index is 0.409. The summed E-state index contributed by atoms with van der Waals surface area (Å²) >= 11 is 1.42. The zero-order chi connectivity index (χ0) is 12.4. The monoisotopic (exact) mass is 251 g/mol. The number of aromatic nitrogens is 3. The van der Waals surface area contributed by atoms with Crippen LogP contribution < -0.4 is 11.1 Å². The highest BCUT2D eigenvalue weighted by Crippen LogP contribution is 2.17. The zero-order valence-corrected chi connectivity index (χ0v) is 10.4. The fourth-order valence-corrected chi connectivity index (χ4v) is 2.20. The summed E-state index contributed by atoms with van der Waals surface area (Å²) in [6, 6.07) is 1.99. The zero-order valence-electron chi connectivity index (χ0n) is 9.57. The highest BCUT2D eigenvalue weighted by atomic mass is 32.1. The predicted molar refractivity (Wildman–Crippen MR) is 66.0 cm³/mol. The molecule has 0 saturated heterocycles. The average Bonchev–Trinajstić information content (AvgIpc) is 2.82. The topological polar surface area (TPSA) is 96.7 Å². The van der Waals surface area contributed by atoms with Crippen LogP contribution in [0.4, 0.5) is 5.82 Å². The van der Waals surface area contributed by atoms with Gasteiger partial charge in [0.2, 0.25) is 0 Å². The minimum Gasteiger partial charge on any atom is -0.365 e. The number of carbonyl (C=O) groups excluding carboxylic acids is 1. The average molecular weight is 251 g/mol. The molecule has 4 N–H and O–H groups in total. The maximum absolute atomic E-state index is 11.2. The number of nitrogens with one attached hydrogen (secondary N) is 2. The molecule has 2 aromatic heterocycles. The quantitative estimate of drug-likeness (QED) is 0.760. The van der Waals surface area contributed by atoms with Crippen LogP contribution in [-0.4, -0.2) is 20.5 Å². The van der Waals surface area contributed by atoms with Gasteiger partial charge in [-0.25, -0.2) is 0 Å². The van der Waals surface area contributed by atoms with Crippen LogP contribution in [0.3, 0.4) is 0 Å². The van der Waals surface area contributed by atoms with Crippen molar-refractivity contribution in [3.63, 3.8) is 0 Å². The molecule has 2 aromatic rings. The Morgan fingerprint density at radius 2 is 2.35 bits per heavy atom. The van der Waals surface area contributed by atoms with Crippen molar-refractivity contribution in [3.05, 3.63) is 27.9 Å². The van der Waals surface area contributed by atoms with Crippen molar-refractivity contribution in [2.75, 3.05) is 5.32 Å². The van der Waals surface area contributed by atoms with E-state index in [-0.39, 0.29) is 0 Å². The van der Waals surface area contributed by atoms with Crippen molar-refractivity contribution in [1.82, 2.24) is 14.6 Å². The molecule has 6 nitrogen and oxygen atoms in total. The maximum atomic E-state index is 11.2. The van der Waals surface area contributed by atoms with Gasteiger partial charge in [-0.2, -0.15) is 9.47 Å². The molecule has 0 radical (unpaired) electrons. The maximum Gasteiger partial charge on any atom is 0.254 e. The van der Waals surface area contributed by atoms with Crippen molar-refractivity contribution in [2.45, 2.75) is 20.4 Å². The second-order valence-corrected chi connectivity index (χ2v) is 4.61. The van der Waals surface area contributed by atoms with Crippen LogP contribution in [0.25, 0.3) is 0 Å². The van der Waals surface area contributed by atoms with E-state index in [1.807, 2.05) is 13.0 Å². The lowest BCUT2D eigenvalue weighted by molar-refractivity contribution is 0.100. The Morgan fingerprint density at radius 1 is 1.59 bits per heavy atom. The first kappa shape index (κ1) is 11.6. The second kappa shape index (κ2) is 4.54. The number of hydrogen-bond donors (Lipinski definition) is 3. The highest BCUT2D eigenvalue weighted by molar-refractivity contribution is 7.05. The molecule has 0 atom stereocenters. The smallest absolute Gasteiger partial charge is 0.254 e. The minimum atomic E-state index is -0.487. The van der Waals surface area contributed by atoms with Gasteiger partial charge in [-0.3, -0.25) is 9.89 Å². The van der Waals surface area contributed by atoms with Crippen molar-refractivity contribution in [2.24, 2.45) is 5.73 Å². The summed E-state index contributed by atoms with van der Waals surface area (Å²) in [5.41, 5.74) is 7.35. The number of aryl methyl sites for hydroxylation is 2. The third-order valence-corrected chi connectivity index (χ3v) is 3.18.